The highest BCUT2D eigenvalue weighted by Crippen LogP contribution is 2.52. The van der Waals surface area contributed by atoms with Gasteiger partial charge in [-0.25, -0.2) is 4.79 Å². The predicted molar refractivity (Wildman–Crippen MR) is 133 cm³/mol. The zero-order chi connectivity index (χ0) is 25.1. The Labute approximate surface area is 204 Å². The number of fused-ring (bicyclic) bond motifs is 2. The zero-order valence-corrected chi connectivity index (χ0v) is 22.9. The van der Waals surface area contributed by atoms with Crippen molar-refractivity contribution < 1.29 is 28.5 Å². The molecule has 190 valence electrons. The second kappa shape index (κ2) is 8.42. The van der Waals surface area contributed by atoms with Gasteiger partial charge < -0.3 is 28.6 Å². The summed E-state index contributed by atoms with van der Waals surface area (Å²) in [6.07, 6.45) is 0.752. The van der Waals surface area contributed by atoms with Gasteiger partial charge in [-0.05, 0) is 75.9 Å². The molecule has 1 aromatic carbocycles. The van der Waals surface area contributed by atoms with E-state index in [-0.39, 0.29) is 30.1 Å². The molecule has 0 spiro atoms. The molecule has 7 nitrogen and oxygen atoms in total. The third kappa shape index (κ3) is 4.44. The molecule has 1 saturated heterocycles. The summed E-state index contributed by atoms with van der Waals surface area (Å²) in [5.41, 5.74) is -0.220. The van der Waals surface area contributed by atoms with Crippen LogP contribution in [-0.4, -0.2) is 61.6 Å². The van der Waals surface area contributed by atoms with E-state index in [0.29, 0.717) is 37.3 Å². The number of amides is 1. The van der Waals surface area contributed by atoms with Crippen molar-refractivity contribution >= 4 is 14.4 Å². The Bertz CT molecular complexity index is 936. The highest BCUT2D eigenvalue weighted by molar-refractivity contribution is 6.74. The number of rotatable bonds is 3. The normalized spacial score (nSPS) is 29.2. The second-order valence-electron chi connectivity index (χ2n) is 12.5. The number of aliphatic hydroxyl groups excluding tert-OH is 1. The van der Waals surface area contributed by atoms with Crippen molar-refractivity contribution in [3.8, 4) is 11.5 Å². The lowest BCUT2D eigenvalue weighted by atomic mass is 9.63. The number of hydrogen-bond acceptors (Lipinski definition) is 6. The van der Waals surface area contributed by atoms with Gasteiger partial charge in [0, 0.05) is 24.1 Å². The number of likely N-dealkylation sites (tertiary alicyclic amines) is 1. The maximum absolute atomic E-state index is 13.3. The fourth-order valence-electron chi connectivity index (χ4n) is 5.38. The summed E-state index contributed by atoms with van der Waals surface area (Å²) in [4.78, 5) is 15.1. The molecule has 1 N–H and O–H groups in total. The quantitative estimate of drug-likeness (QED) is 0.585. The van der Waals surface area contributed by atoms with E-state index in [0.717, 1.165) is 5.56 Å². The number of ether oxygens (including phenoxy) is 3. The van der Waals surface area contributed by atoms with Crippen LogP contribution < -0.4 is 9.47 Å². The van der Waals surface area contributed by atoms with E-state index in [1.165, 1.54) is 0 Å². The van der Waals surface area contributed by atoms with Gasteiger partial charge in [0.25, 0.3) is 0 Å². The van der Waals surface area contributed by atoms with Gasteiger partial charge in [0.15, 0.2) is 19.8 Å². The lowest BCUT2D eigenvalue weighted by molar-refractivity contribution is -0.0433. The Balaban J connectivity index is 1.70. The third-order valence-corrected chi connectivity index (χ3v) is 12.6. The highest BCUT2D eigenvalue weighted by Gasteiger charge is 2.59. The van der Waals surface area contributed by atoms with Crippen LogP contribution in [0.15, 0.2) is 18.2 Å². The molecule has 34 heavy (non-hydrogen) atoms. The van der Waals surface area contributed by atoms with Crippen molar-refractivity contribution in [3.05, 3.63) is 23.8 Å². The second-order valence-corrected chi connectivity index (χ2v) is 17.3. The van der Waals surface area contributed by atoms with Crippen molar-refractivity contribution in [2.75, 3.05) is 13.3 Å². The van der Waals surface area contributed by atoms with Crippen LogP contribution in [-0.2, 0) is 14.6 Å². The Kier molecular flexibility index (Phi) is 6.27. The topological polar surface area (TPSA) is 77.5 Å². The Morgan fingerprint density at radius 1 is 1.12 bits per heavy atom. The van der Waals surface area contributed by atoms with Crippen molar-refractivity contribution in [2.45, 2.75) is 108 Å². The Morgan fingerprint density at radius 3 is 2.44 bits per heavy atom. The lowest BCUT2D eigenvalue weighted by Crippen LogP contribution is -2.59. The Hall–Kier alpha value is -1.77. The Morgan fingerprint density at radius 2 is 1.79 bits per heavy atom. The van der Waals surface area contributed by atoms with Crippen LogP contribution in [0.1, 0.15) is 66.4 Å². The van der Waals surface area contributed by atoms with Crippen molar-refractivity contribution in [1.29, 1.82) is 0 Å². The molecule has 3 aliphatic rings. The number of hydrogen-bond donors (Lipinski definition) is 1. The zero-order valence-electron chi connectivity index (χ0n) is 21.9. The largest absolute Gasteiger partial charge is 0.454 e. The van der Waals surface area contributed by atoms with Gasteiger partial charge in [-0.3, -0.25) is 0 Å². The van der Waals surface area contributed by atoms with Crippen LogP contribution in [0.2, 0.25) is 18.1 Å². The summed E-state index contributed by atoms with van der Waals surface area (Å²) in [5, 5.41) is 11.8. The molecular formula is C26H41NO6Si. The first-order valence-corrected chi connectivity index (χ1v) is 15.3. The molecule has 0 radical (unpaired) electrons. The van der Waals surface area contributed by atoms with Crippen molar-refractivity contribution in [3.63, 3.8) is 0 Å². The van der Waals surface area contributed by atoms with E-state index in [4.69, 9.17) is 18.6 Å². The molecule has 0 aromatic heterocycles. The molecule has 2 heterocycles. The fourth-order valence-corrected chi connectivity index (χ4v) is 6.76. The maximum atomic E-state index is 13.3. The first-order chi connectivity index (χ1) is 15.6. The van der Waals surface area contributed by atoms with E-state index < -0.39 is 25.4 Å². The molecule has 1 aromatic rings. The summed E-state index contributed by atoms with van der Waals surface area (Å²) in [6, 6.07) is 5.66. The summed E-state index contributed by atoms with van der Waals surface area (Å²) in [6.45, 7) is 17.5. The lowest BCUT2D eigenvalue weighted by Gasteiger charge is -2.50. The highest BCUT2D eigenvalue weighted by atomic mass is 28.4. The maximum Gasteiger partial charge on any atom is 0.410 e. The van der Waals surface area contributed by atoms with Crippen LogP contribution in [0.3, 0.4) is 0 Å². The molecule has 2 fully saturated rings. The fraction of sp³-hybridized carbons (Fsp3) is 0.731. The van der Waals surface area contributed by atoms with E-state index in [9.17, 15) is 9.90 Å². The minimum Gasteiger partial charge on any atom is -0.454 e. The monoisotopic (exact) mass is 491 g/mol. The standard InChI is InChI=1S/C26H41NO6Si/c1-24(2,3)32-23(29)27-12-11-26(17-9-10-19-20(13-17)31-16-30-19)21(27)14-18(15-22(26)28)33-34(7,8)25(4,5)6/h9-10,13,18,21-22,28H,11-12,14-16H2,1-8H3/t18-,21-,22-,26+/m0/s1. The van der Waals surface area contributed by atoms with E-state index in [1.54, 1.807) is 0 Å². The van der Waals surface area contributed by atoms with Gasteiger partial charge >= 0.3 is 6.09 Å². The van der Waals surface area contributed by atoms with Gasteiger partial charge in [-0.1, -0.05) is 26.8 Å². The van der Waals surface area contributed by atoms with Crippen LogP contribution >= 0.6 is 0 Å². The number of carbonyl (C=O) groups is 1. The average Bonchev–Trinajstić information content (AvgIpc) is 3.30. The summed E-state index contributed by atoms with van der Waals surface area (Å²) >= 11 is 0. The molecule has 0 bridgehead atoms. The van der Waals surface area contributed by atoms with Gasteiger partial charge in [0.2, 0.25) is 6.79 Å². The molecule has 1 amide bonds. The van der Waals surface area contributed by atoms with Crippen molar-refractivity contribution in [1.82, 2.24) is 4.90 Å². The molecule has 4 rings (SSSR count). The van der Waals surface area contributed by atoms with E-state index in [1.807, 2.05) is 43.9 Å². The first-order valence-electron chi connectivity index (χ1n) is 12.4. The number of benzene rings is 1. The molecule has 1 saturated carbocycles. The molecule has 4 atom stereocenters. The first kappa shape index (κ1) is 25.3. The molecule has 1 aliphatic carbocycles. The van der Waals surface area contributed by atoms with Gasteiger partial charge in [0.1, 0.15) is 5.60 Å². The van der Waals surface area contributed by atoms with Gasteiger partial charge in [-0.2, -0.15) is 0 Å². The van der Waals surface area contributed by atoms with Gasteiger partial charge in [0.05, 0.1) is 6.10 Å². The number of aliphatic hydroxyl groups is 1. The molecule has 8 heteroatoms. The van der Waals surface area contributed by atoms with Gasteiger partial charge in [-0.15, -0.1) is 0 Å². The molecule has 2 aliphatic heterocycles. The predicted octanol–water partition coefficient (Wildman–Crippen LogP) is 5.21. The van der Waals surface area contributed by atoms with Crippen molar-refractivity contribution in [2.24, 2.45) is 0 Å². The minimum atomic E-state index is -2.05. The molecular weight excluding hydrogens is 450 g/mol. The number of carbonyl (C=O) groups excluding carboxylic acids is 1. The summed E-state index contributed by atoms with van der Waals surface area (Å²) < 4.78 is 23.7. The SMILES string of the molecule is CC(C)(C)OC(=O)N1CC[C@@]2(c3ccc4c(c3)OCO4)[C@@H]1C[C@H](O[Si](C)(C)C(C)(C)C)C[C@@H]2O. The average molecular weight is 492 g/mol. The van der Waals surface area contributed by atoms with Crippen LogP contribution in [0, 0.1) is 0 Å². The van der Waals surface area contributed by atoms with Crippen LogP contribution in [0.4, 0.5) is 4.79 Å². The van der Waals surface area contributed by atoms with Crippen LogP contribution in [0.5, 0.6) is 11.5 Å². The summed E-state index contributed by atoms with van der Waals surface area (Å²) in [5.74, 6) is 1.40. The summed E-state index contributed by atoms with van der Waals surface area (Å²) in [7, 11) is -2.05. The van der Waals surface area contributed by atoms with E-state index in [2.05, 4.69) is 33.9 Å². The molecule has 0 unspecified atom stereocenters. The third-order valence-electron chi connectivity index (χ3n) is 8.11. The number of nitrogens with zero attached hydrogens (tertiary/aromatic N) is 1. The smallest absolute Gasteiger partial charge is 0.410 e. The van der Waals surface area contributed by atoms with Crippen LogP contribution in [0.25, 0.3) is 0 Å². The minimum absolute atomic E-state index is 0.0599. The van der Waals surface area contributed by atoms with E-state index >= 15 is 0 Å².